The van der Waals surface area contributed by atoms with Crippen LogP contribution >= 0.6 is 11.6 Å². The van der Waals surface area contributed by atoms with E-state index in [9.17, 15) is 13.6 Å². The highest BCUT2D eigenvalue weighted by Gasteiger charge is 2.17. The van der Waals surface area contributed by atoms with Gasteiger partial charge in [0.2, 0.25) is 0 Å². The number of rotatable bonds is 5. The first-order valence-corrected chi connectivity index (χ1v) is 7.71. The number of halogens is 3. The smallest absolute Gasteiger partial charge is 0.387 e. The Kier molecular flexibility index (Phi) is 5.23. The Labute approximate surface area is 147 Å². The number of alkyl halides is 2. The third kappa shape index (κ3) is 4.30. The molecule has 0 amide bonds. The van der Waals surface area contributed by atoms with Gasteiger partial charge in [-0.2, -0.15) is 8.78 Å². The van der Waals surface area contributed by atoms with Crippen LogP contribution in [0.5, 0.6) is 17.2 Å². The minimum Gasteiger partial charge on any atom is -0.486 e. The number of carbonyl (C=O) groups excluding carboxylic acids is 1. The molecular weight excluding hydrogens is 358 g/mol. The van der Waals surface area contributed by atoms with Gasteiger partial charge in [-0.1, -0.05) is 11.6 Å². The molecule has 0 radical (unpaired) electrons. The van der Waals surface area contributed by atoms with Crippen LogP contribution in [-0.4, -0.2) is 25.8 Å². The molecule has 0 atom stereocenters. The van der Waals surface area contributed by atoms with Crippen LogP contribution in [0.15, 0.2) is 36.4 Å². The molecule has 1 heterocycles. The second-order valence-corrected chi connectivity index (χ2v) is 5.49. The summed E-state index contributed by atoms with van der Waals surface area (Å²) in [5, 5.41) is 0.372. The van der Waals surface area contributed by atoms with Crippen molar-refractivity contribution in [3.63, 3.8) is 0 Å². The normalized spacial score (nSPS) is 12.8. The van der Waals surface area contributed by atoms with Crippen LogP contribution in [0.3, 0.4) is 0 Å². The molecule has 0 saturated heterocycles. The Morgan fingerprint density at radius 3 is 2.60 bits per heavy atom. The van der Waals surface area contributed by atoms with E-state index in [4.69, 9.17) is 25.8 Å². The van der Waals surface area contributed by atoms with E-state index in [2.05, 4.69) is 4.74 Å². The number of hydrogen-bond donors (Lipinski definition) is 0. The number of esters is 1. The summed E-state index contributed by atoms with van der Waals surface area (Å²) in [5.74, 6) is 0.329. The minimum absolute atomic E-state index is 0.0233. The molecule has 0 aliphatic carbocycles. The van der Waals surface area contributed by atoms with Gasteiger partial charge in [0.1, 0.15) is 25.6 Å². The van der Waals surface area contributed by atoms with Crippen molar-refractivity contribution >= 4 is 17.6 Å². The Morgan fingerprint density at radius 2 is 1.88 bits per heavy atom. The number of benzene rings is 2. The highest BCUT2D eigenvalue weighted by molar-refractivity contribution is 6.32. The quantitative estimate of drug-likeness (QED) is 0.743. The molecule has 0 spiro atoms. The van der Waals surface area contributed by atoms with E-state index < -0.39 is 12.6 Å². The summed E-state index contributed by atoms with van der Waals surface area (Å²) in [6.45, 7) is -2.10. The van der Waals surface area contributed by atoms with Gasteiger partial charge in [-0.15, -0.1) is 0 Å². The SMILES string of the molecule is O=C(OCc1cc(Cl)c2c(c1)OCCO2)c1ccc(OC(F)F)cc1. The summed E-state index contributed by atoms with van der Waals surface area (Å²) >= 11 is 6.12. The van der Waals surface area contributed by atoms with Crippen LogP contribution in [-0.2, 0) is 11.3 Å². The molecule has 2 aromatic rings. The number of hydrogen-bond acceptors (Lipinski definition) is 5. The second kappa shape index (κ2) is 7.57. The Morgan fingerprint density at radius 1 is 1.16 bits per heavy atom. The van der Waals surface area contributed by atoms with Crippen molar-refractivity contribution in [3.8, 4) is 17.2 Å². The average molecular weight is 371 g/mol. The van der Waals surface area contributed by atoms with Crippen molar-refractivity contribution in [1.82, 2.24) is 0 Å². The first-order chi connectivity index (χ1) is 12.0. The van der Waals surface area contributed by atoms with Crippen molar-refractivity contribution in [3.05, 3.63) is 52.5 Å². The molecule has 0 fully saturated rings. The van der Waals surface area contributed by atoms with E-state index in [0.29, 0.717) is 35.3 Å². The summed E-state index contributed by atoms with van der Waals surface area (Å²) in [7, 11) is 0. The summed E-state index contributed by atoms with van der Waals surface area (Å²) in [6, 6.07) is 8.54. The van der Waals surface area contributed by atoms with Gasteiger partial charge in [0.05, 0.1) is 10.6 Å². The van der Waals surface area contributed by atoms with Gasteiger partial charge in [0.15, 0.2) is 11.5 Å². The second-order valence-electron chi connectivity index (χ2n) is 5.08. The zero-order valence-electron chi connectivity index (χ0n) is 12.8. The van der Waals surface area contributed by atoms with E-state index in [1.807, 2.05) is 0 Å². The van der Waals surface area contributed by atoms with Gasteiger partial charge in [-0.3, -0.25) is 0 Å². The Bertz CT molecular complexity index is 764. The fourth-order valence-corrected chi connectivity index (χ4v) is 2.54. The lowest BCUT2D eigenvalue weighted by atomic mass is 10.2. The minimum atomic E-state index is -2.92. The molecule has 0 N–H and O–H groups in total. The molecular formula is C17H13ClF2O5. The van der Waals surface area contributed by atoms with Crippen LogP contribution in [0, 0.1) is 0 Å². The van der Waals surface area contributed by atoms with Crippen LogP contribution < -0.4 is 14.2 Å². The largest absolute Gasteiger partial charge is 0.486 e. The monoisotopic (exact) mass is 370 g/mol. The molecule has 0 aromatic heterocycles. The van der Waals surface area contributed by atoms with Crippen molar-refractivity contribution < 1.29 is 32.5 Å². The van der Waals surface area contributed by atoms with Gasteiger partial charge >= 0.3 is 12.6 Å². The summed E-state index contributed by atoms with van der Waals surface area (Å²) in [5.41, 5.74) is 0.852. The van der Waals surface area contributed by atoms with E-state index in [-0.39, 0.29) is 17.9 Å². The van der Waals surface area contributed by atoms with Gasteiger partial charge in [-0.05, 0) is 42.0 Å². The molecule has 5 nitrogen and oxygen atoms in total. The predicted molar refractivity (Wildman–Crippen MR) is 84.6 cm³/mol. The number of carbonyl (C=O) groups is 1. The molecule has 0 saturated carbocycles. The molecule has 1 aliphatic rings. The zero-order valence-corrected chi connectivity index (χ0v) is 13.6. The van der Waals surface area contributed by atoms with E-state index in [1.165, 1.54) is 24.3 Å². The highest BCUT2D eigenvalue weighted by Crippen LogP contribution is 2.38. The summed E-state index contributed by atoms with van der Waals surface area (Å²) in [4.78, 5) is 12.0. The van der Waals surface area contributed by atoms with Crippen molar-refractivity contribution in [2.24, 2.45) is 0 Å². The average Bonchev–Trinajstić information content (AvgIpc) is 2.60. The first kappa shape index (κ1) is 17.3. The number of ether oxygens (including phenoxy) is 4. The lowest BCUT2D eigenvalue weighted by Crippen LogP contribution is -2.16. The predicted octanol–water partition coefficient (Wildman–Crippen LogP) is 4.07. The Hall–Kier alpha value is -2.54. The fraction of sp³-hybridized carbons (Fsp3) is 0.235. The van der Waals surface area contributed by atoms with E-state index >= 15 is 0 Å². The van der Waals surface area contributed by atoms with Gasteiger partial charge in [-0.25, -0.2) is 4.79 Å². The molecule has 1 aliphatic heterocycles. The van der Waals surface area contributed by atoms with Crippen LogP contribution in [0.1, 0.15) is 15.9 Å². The van der Waals surface area contributed by atoms with Gasteiger partial charge in [0.25, 0.3) is 0 Å². The van der Waals surface area contributed by atoms with Crippen molar-refractivity contribution in [2.75, 3.05) is 13.2 Å². The number of fused-ring (bicyclic) bond motifs is 1. The lowest BCUT2D eigenvalue weighted by Gasteiger charge is -2.20. The third-order valence-corrected chi connectivity index (χ3v) is 3.62. The zero-order chi connectivity index (χ0) is 17.8. The fourth-order valence-electron chi connectivity index (χ4n) is 2.25. The molecule has 0 bridgehead atoms. The van der Waals surface area contributed by atoms with E-state index in [0.717, 1.165) is 0 Å². The van der Waals surface area contributed by atoms with Crippen molar-refractivity contribution in [1.29, 1.82) is 0 Å². The maximum absolute atomic E-state index is 12.1. The lowest BCUT2D eigenvalue weighted by molar-refractivity contribution is -0.0498. The van der Waals surface area contributed by atoms with Crippen LogP contribution in [0.25, 0.3) is 0 Å². The summed E-state index contributed by atoms with van der Waals surface area (Å²) < 4.78 is 44.5. The Balaban J connectivity index is 1.63. The standard InChI is InChI=1S/C17H13ClF2O5/c18-13-7-10(8-14-15(13)23-6-5-22-14)9-24-16(21)11-1-3-12(4-2-11)25-17(19)20/h1-4,7-8,17H,5-6,9H2. The maximum atomic E-state index is 12.1. The van der Waals surface area contributed by atoms with Crippen LogP contribution in [0.4, 0.5) is 8.78 Å². The molecule has 3 rings (SSSR count). The topological polar surface area (TPSA) is 54.0 Å². The molecule has 2 aromatic carbocycles. The first-order valence-electron chi connectivity index (χ1n) is 7.33. The van der Waals surface area contributed by atoms with Crippen LogP contribution in [0.2, 0.25) is 5.02 Å². The molecule has 0 unspecified atom stereocenters. The molecule has 25 heavy (non-hydrogen) atoms. The van der Waals surface area contributed by atoms with Crippen molar-refractivity contribution in [2.45, 2.75) is 13.2 Å². The molecule has 8 heteroatoms. The highest BCUT2D eigenvalue weighted by atomic mass is 35.5. The third-order valence-electron chi connectivity index (χ3n) is 3.34. The molecule has 132 valence electrons. The summed E-state index contributed by atoms with van der Waals surface area (Å²) in [6.07, 6.45) is 0. The van der Waals surface area contributed by atoms with Gasteiger partial charge in [0, 0.05) is 0 Å². The van der Waals surface area contributed by atoms with Gasteiger partial charge < -0.3 is 18.9 Å². The van der Waals surface area contributed by atoms with E-state index in [1.54, 1.807) is 12.1 Å². The maximum Gasteiger partial charge on any atom is 0.387 e.